The van der Waals surface area contributed by atoms with Gasteiger partial charge in [0, 0.05) is 12.1 Å². The minimum Gasteiger partial charge on any atom is -0.451 e. The van der Waals surface area contributed by atoms with Gasteiger partial charge in [0.15, 0.2) is 21.3 Å². The first-order chi connectivity index (χ1) is 13.6. The highest BCUT2D eigenvalue weighted by Gasteiger charge is 2.47. The number of sulfone groups is 1. The normalized spacial score (nSPS) is 14.9. The Kier molecular flexibility index (Phi) is 4.59. The first-order valence-electron chi connectivity index (χ1n) is 7.09. The minimum atomic E-state index is -5.38. The molecule has 0 aliphatic carbocycles. The zero-order valence-electron chi connectivity index (χ0n) is 13.8. The zero-order valence-corrected chi connectivity index (χ0v) is 16.3. The van der Waals surface area contributed by atoms with Crippen molar-refractivity contribution in [3.05, 3.63) is 44.5 Å². The number of rotatable bonds is 4. The molecule has 0 fully saturated rings. The lowest BCUT2D eigenvalue weighted by Gasteiger charge is -2.22. The average molecular weight is 482 g/mol. The van der Waals surface area contributed by atoms with Gasteiger partial charge in [0.25, 0.3) is 31.6 Å². The third kappa shape index (κ3) is 3.15. The Morgan fingerprint density at radius 1 is 0.767 bits per heavy atom. The van der Waals surface area contributed by atoms with Gasteiger partial charge < -0.3 is 4.74 Å². The van der Waals surface area contributed by atoms with Crippen molar-refractivity contribution >= 4 is 41.4 Å². The van der Waals surface area contributed by atoms with Gasteiger partial charge >= 0.3 is 0 Å². The summed E-state index contributed by atoms with van der Waals surface area (Å²) in [6, 6.07) is 1.62. The molecular weight excluding hydrogens is 476 g/mol. The summed E-state index contributed by atoms with van der Waals surface area (Å²) in [6.07, 6.45) is 0. The van der Waals surface area contributed by atoms with Crippen LogP contribution in [0.25, 0.3) is 0 Å². The molecule has 0 amide bonds. The number of ether oxygens (including phenoxy) is 1. The van der Waals surface area contributed by atoms with Crippen LogP contribution >= 0.6 is 0 Å². The molecule has 1 aliphatic rings. The summed E-state index contributed by atoms with van der Waals surface area (Å²) in [5.41, 5.74) is -2.54. The molecule has 0 atom stereocenters. The molecule has 15 nitrogen and oxygen atoms in total. The number of nitro benzene ring substituents is 2. The van der Waals surface area contributed by atoms with Gasteiger partial charge in [-0.15, -0.1) is 0 Å². The predicted molar refractivity (Wildman–Crippen MR) is 91.3 cm³/mol. The summed E-state index contributed by atoms with van der Waals surface area (Å²) >= 11 is 0. The van der Waals surface area contributed by atoms with E-state index in [1.54, 1.807) is 0 Å². The van der Waals surface area contributed by atoms with E-state index in [4.69, 9.17) is 4.74 Å². The molecule has 2 aromatic carbocycles. The fraction of sp³-hybridized carbons (Fsp3) is 0. The van der Waals surface area contributed by atoms with E-state index in [0.717, 1.165) is 0 Å². The summed E-state index contributed by atoms with van der Waals surface area (Å²) in [5, 5.41) is 22.6. The van der Waals surface area contributed by atoms with E-state index in [9.17, 15) is 54.6 Å². The van der Waals surface area contributed by atoms with Gasteiger partial charge in [0.05, 0.1) is 9.85 Å². The van der Waals surface area contributed by atoms with Crippen molar-refractivity contribution in [2.45, 2.75) is 19.6 Å². The summed E-state index contributed by atoms with van der Waals surface area (Å²) in [7, 11) is -15.9. The molecule has 0 spiro atoms. The first-order valence-corrected chi connectivity index (χ1v) is 11.5. The SMILES string of the molecule is O=[N+]([O-])c1ccc(S(=O)(=O)O)c2c1S(=O)(=O)c1c([N+](=O)[O-])ccc(S(=O)(=O)O)c1O2. The van der Waals surface area contributed by atoms with E-state index >= 15 is 0 Å². The van der Waals surface area contributed by atoms with Crippen LogP contribution in [-0.2, 0) is 30.1 Å². The van der Waals surface area contributed by atoms with E-state index in [1.165, 1.54) is 0 Å². The monoisotopic (exact) mass is 482 g/mol. The number of benzene rings is 2. The topological polar surface area (TPSA) is 238 Å². The van der Waals surface area contributed by atoms with E-state index in [2.05, 4.69) is 0 Å². The van der Waals surface area contributed by atoms with Crippen molar-refractivity contribution < 1.29 is 48.9 Å². The van der Waals surface area contributed by atoms with Crippen molar-refractivity contribution in [2.24, 2.45) is 0 Å². The smallest absolute Gasteiger partial charge is 0.298 e. The molecule has 18 heteroatoms. The van der Waals surface area contributed by atoms with Crippen LogP contribution in [0.4, 0.5) is 11.4 Å². The van der Waals surface area contributed by atoms with E-state index in [-0.39, 0.29) is 0 Å². The molecule has 0 saturated heterocycles. The first kappa shape index (κ1) is 21.5. The molecule has 0 radical (unpaired) electrons. The Balaban J connectivity index is 2.63. The molecule has 160 valence electrons. The van der Waals surface area contributed by atoms with Crippen molar-refractivity contribution in [1.82, 2.24) is 0 Å². The standard InChI is InChI=1S/C12H6N2O13S3/c15-13(16)5-1-3-7(29(21,22)23)9-11(5)28(19,20)12-6(14(17)18)2-4-8(10(12)27-9)30(24,25)26/h1-4H,(H,21,22,23)(H,24,25,26). The lowest BCUT2D eigenvalue weighted by molar-refractivity contribution is -0.388. The second kappa shape index (κ2) is 6.40. The number of hydrogen-bond acceptors (Lipinski definition) is 11. The fourth-order valence-corrected chi connectivity index (χ4v) is 5.88. The molecule has 30 heavy (non-hydrogen) atoms. The second-order valence-corrected chi connectivity index (χ2v) is 10.2. The summed E-state index contributed by atoms with van der Waals surface area (Å²) in [4.78, 5) is 14.5. The Hall–Kier alpha value is -3.19. The van der Waals surface area contributed by atoms with Crippen LogP contribution in [0.15, 0.2) is 43.8 Å². The molecular formula is C12H6N2O13S3. The highest BCUT2D eigenvalue weighted by Crippen LogP contribution is 2.53. The van der Waals surface area contributed by atoms with Gasteiger partial charge in [-0.3, -0.25) is 29.3 Å². The highest BCUT2D eigenvalue weighted by molar-refractivity contribution is 7.92. The van der Waals surface area contributed by atoms with Crippen LogP contribution in [0.1, 0.15) is 0 Å². The van der Waals surface area contributed by atoms with Crippen LogP contribution in [0.2, 0.25) is 0 Å². The molecule has 3 rings (SSSR count). The molecule has 1 aliphatic heterocycles. The number of nitrogens with zero attached hydrogens (tertiary/aromatic N) is 2. The lowest BCUT2D eigenvalue weighted by atomic mass is 10.2. The van der Waals surface area contributed by atoms with Gasteiger partial charge in [-0.1, -0.05) is 0 Å². The molecule has 2 N–H and O–H groups in total. The second-order valence-electron chi connectivity index (χ2n) is 5.55. The number of hydrogen-bond donors (Lipinski definition) is 2. The van der Waals surface area contributed by atoms with Crippen molar-refractivity contribution in [3.63, 3.8) is 0 Å². The summed E-state index contributed by atoms with van der Waals surface area (Å²) in [6.45, 7) is 0. The van der Waals surface area contributed by atoms with Crippen molar-refractivity contribution in [3.8, 4) is 11.5 Å². The summed E-state index contributed by atoms with van der Waals surface area (Å²) in [5.74, 6) is -2.74. The van der Waals surface area contributed by atoms with Crippen LogP contribution < -0.4 is 4.74 Å². The van der Waals surface area contributed by atoms with Crippen molar-refractivity contribution in [1.29, 1.82) is 0 Å². The molecule has 2 aromatic rings. The largest absolute Gasteiger partial charge is 0.451 e. The van der Waals surface area contributed by atoms with E-state index in [1.807, 2.05) is 0 Å². The van der Waals surface area contributed by atoms with Gasteiger partial charge in [0.2, 0.25) is 9.84 Å². The predicted octanol–water partition coefficient (Wildman–Crippen LogP) is 0.935. The third-order valence-corrected chi connectivity index (χ3v) is 7.42. The van der Waals surface area contributed by atoms with Gasteiger partial charge in [-0.05, 0) is 12.1 Å². The quantitative estimate of drug-likeness (QED) is 0.299. The Bertz CT molecular complexity index is 1370. The van der Waals surface area contributed by atoms with Crippen LogP contribution in [0.3, 0.4) is 0 Å². The number of fused-ring (bicyclic) bond motifs is 2. The van der Waals surface area contributed by atoms with Crippen molar-refractivity contribution in [2.75, 3.05) is 0 Å². The minimum absolute atomic E-state index is 0.395. The fourth-order valence-electron chi connectivity index (χ4n) is 2.68. The van der Waals surface area contributed by atoms with Gasteiger partial charge in [-0.25, -0.2) is 8.42 Å². The van der Waals surface area contributed by atoms with Gasteiger partial charge in [0.1, 0.15) is 9.79 Å². The molecule has 0 unspecified atom stereocenters. The van der Waals surface area contributed by atoms with Gasteiger partial charge in [-0.2, -0.15) is 16.8 Å². The maximum absolute atomic E-state index is 13.1. The maximum atomic E-state index is 13.1. The molecule has 0 saturated carbocycles. The molecule has 1 heterocycles. The Morgan fingerprint density at radius 3 is 1.37 bits per heavy atom. The van der Waals surface area contributed by atoms with Crippen LogP contribution in [0.5, 0.6) is 11.5 Å². The highest BCUT2D eigenvalue weighted by atomic mass is 32.2. The molecule has 0 bridgehead atoms. The Morgan fingerprint density at radius 2 is 1.10 bits per heavy atom. The zero-order chi connectivity index (χ0) is 22.8. The maximum Gasteiger partial charge on any atom is 0.298 e. The van der Waals surface area contributed by atoms with Crippen LogP contribution in [0, 0.1) is 20.2 Å². The molecule has 0 aromatic heterocycles. The summed E-state index contributed by atoms with van der Waals surface area (Å²) < 4.78 is 96.1. The number of nitro groups is 2. The third-order valence-electron chi connectivity index (χ3n) is 3.80. The van der Waals surface area contributed by atoms with E-state index in [0.29, 0.717) is 24.3 Å². The van der Waals surface area contributed by atoms with E-state index < -0.39 is 82.4 Å². The average Bonchev–Trinajstić information content (AvgIpc) is 2.57. The lowest BCUT2D eigenvalue weighted by Crippen LogP contribution is -2.19. The Labute approximate surface area is 166 Å². The van der Waals surface area contributed by atoms with Crippen LogP contribution in [-0.4, -0.2) is 44.2 Å².